The number of nitrogens with one attached hydrogen (secondary N) is 1. The fourth-order valence-corrected chi connectivity index (χ4v) is 1.44. The molecule has 1 aliphatic rings. The Bertz CT molecular complexity index is 314. The van der Waals surface area contributed by atoms with E-state index in [1.165, 1.54) is 5.56 Å². The molecule has 1 heterocycles. The molecule has 0 saturated carbocycles. The number of carbonyl (C=O) groups is 1. The highest BCUT2D eigenvalue weighted by atomic mass is 16.1. The molecule has 2 rings (SSSR count). The van der Waals surface area contributed by atoms with Crippen molar-refractivity contribution >= 4 is 5.91 Å². The molecule has 13 heavy (non-hydrogen) atoms. The average Bonchev–Trinajstić information content (AvgIpc) is 2.02. The van der Waals surface area contributed by atoms with E-state index >= 15 is 0 Å². The molecule has 0 aliphatic carbocycles. The smallest absolute Gasteiger partial charge is 0.248 e. The summed E-state index contributed by atoms with van der Waals surface area (Å²) in [5, 5.41) is 3.21. The molecular formula is C10H12N2O. The molecule has 0 aromatic heterocycles. The zero-order valence-electron chi connectivity index (χ0n) is 7.29. The monoisotopic (exact) mass is 176 g/mol. The van der Waals surface area contributed by atoms with Crippen molar-refractivity contribution in [1.82, 2.24) is 5.32 Å². The van der Waals surface area contributed by atoms with Crippen LogP contribution in [0.15, 0.2) is 24.3 Å². The van der Waals surface area contributed by atoms with Crippen molar-refractivity contribution < 1.29 is 4.79 Å². The van der Waals surface area contributed by atoms with Crippen LogP contribution < -0.4 is 11.1 Å². The summed E-state index contributed by atoms with van der Waals surface area (Å²) in [4.78, 5) is 10.8. The van der Waals surface area contributed by atoms with Gasteiger partial charge in [-0.15, -0.1) is 0 Å². The molecule has 3 heteroatoms. The number of amides is 1. The Morgan fingerprint density at radius 2 is 1.92 bits per heavy atom. The van der Waals surface area contributed by atoms with Crippen LogP contribution in [0.2, 0.25) is 0 Å². The van der Waals surface area contributed by atoms with E-state index in [9.17, 15) is 4.79 Å². The summed E-state index contributed by atoms with van der Waals surface area (Å²) in [6, 6.07) is 7.53. The van der Waals surface area contributed by atoms with Crippen LogP contribution in [0.25, 0.3) is 0 Å². The average molecular weight is 176 g/mol. The van der Waals surface area contributed by atoms with Crippen LogP contribution in [0.5, 0.6) is 0 Å². The fourth-order valence-electron chi connectivity index (χ4n) is 1.44. The molecule has 0 spiro atoms. The van der Waals surface area contributed by atoms with Crippen LogP contribution in [0.4, 0.5) is 0 Å². The Morgan fingerprint density at radius 1 is 1.31 bits per heavy atom. The SMILES string of the molecule is NC(=O)c1ccc(C2CNC2)cc1. The predicted octanol–water partition coefficient (Wildman–Crippen LogP) is 0.472. The van der Waals surface area contributed by atoms with Gasteiger partial charge in [0.15, 0.2) is 0 Å². The maximum Gasteiger partial charge on any atom is 0.248 e. The number of primary amides is 1. The molecule has 0 radical (unpaired) electrons. The van der Waals surface area contributed by atoms with Crippen LogP contribution in [0.3, 0.4) is 0 Å². The van der Waals surface area contributed by atoms with Gasteiger partial charge in [-0.05, 0) is 17.7 Å². The summed E-state index contributed by atoms with van der Waals surface area (Å²) >= 11 is 0. The Balaban J connectivity index is 2.17. The lowest BCUT2D eigenvalue weighted by molar-refractivity contribution is 0.100. The highest BCUT2D eigenvalue weighted by molar-refractivity contribution is 5.92. The molecule has 0 atom stereocenters. The first-order valence-corrected chi connectivity index (χ1v) is 4.38. The zero-order chi connectivity index (χ0) is 9.26. The lowest BCUT2D eigenvalue weighted by Gasteiger charge is -2.27. The third-order valence-corrected chi connectivity index (χ3v) is 2.45. The van der Waals surface area contributed by atoms with Gasteiger partial charge in [0.1, 0.15) is 0 Å². The second-order valence-electron chi connectivity index (χ2n) is 3.34. The normalized spacial score (nSPS) is 16.6. The predicted molar refractivity (Wildman–Crippen MR) is 50.6 cm³/mol. The molecule has 3 N–H and O–H groups in total. The Hall–Kier alpha value is -1.35. The molecule has 1 aromatic rings. The molecular weight excluding hydrogens is 164 g/mol. The van der Waals surface area contributed by atoms with E-state index in [0.717, 1.165) is 13.1 Å². The molecule has 0 bridgehead atoms. The summed E-state index contributed by atoms with van der Waals surface area (Å²) < 4.78 is 0. The minimum atomic E-state index is -0.363. The van der Waals surface area contributed by atoms with Crippen molar-refractivity contribution in [3.63, 3.8) is 0 Å². The number of hydrogen-bond donors (Lipinski definition) is 2. The van der Waals surface area contributed by atoms with E-state index in [2.05, 4.69) is 5.32 Å². The van der Waals surface area contributed by atoms with Crippen molar-refractivity contribution in [3.05, 3.63) is 35.4 Å². The molecule has 3 nitrogen and oxygen atoms in total. The number of nitrogens with two attached hydrogens (primary N) is 1. The minimum Gasteiger partial charge on any atom is -0.366 e. The van der Waals surface area contributed by atoms with Gasteiger partial charge in [0.05, 0.1) is 0 Å². The fraction of sp³-hybridized carbons (Fsp3) is 0.300. The molecule has 1 saturated heterocycles. The molecule has 68 valence electrons. The van der Waals surface area contributed by atoms with Gasteiger partial charge in [-0.2, -0.15) is 0 Å². The van der Waals surface area contributed by atoms with E-state index in [0.29, 0.717) is 11.5 Å². The van der Waals surface area contributed by atoms with Gasteiger partial charge in [-0.25, -0.2) is 0 Å². The first-order valence-electron chi connectivity index (χ1n) is 4.38. The minimum absolute atomic E-state index is 0.363. The first-order chi connectivity index (χ1) is 6.27. The topological polar surface area (TPSA) is 55.1 Å². The number of hydrogen-bond acceptors (Lipinski definition) is 2. The molecule has 1 amide bonds. The van der Waals surface area contributed by atoms with E-state index in [1.54, 1.807) is 12.1 Å². The van der Waals surface area contributed by atoms with Crippen LogP contribution >= 0.6 is 0 Å². The highest BCUT2D eigenvalue weighted by Crippen LogP contribution is 2.19. The van der Waals surface area contributed by atoms with Gasteiger partial charge >= 0.3 is 0 Å². The van der Waals surface area contributed by atoms with E-state index in [1.807, 2.05) is 12.1 Å². The van der Waals surface area contributed by atoms with Crippen molar-refractivity contribution in [2.45, 2.75) is 5.92 Å². The molecule has 1 aliphatic heterocycles. The maximum absolute atomic E-state index is 10.8. The third kappa shape index (κ3) is 1.55. The quantitative estimate of drug-likeness (QED) is 0.688. The van der Waals surface area contributed by atoms with E-state index in [-0.39, 0.29) is 5.91 Å². The summed E-state index contributed by atoms with van der Waals surface area (Å²) in [6.07, 6.45) is 0. The van der Waals surface area contributed by atoms with Gasteiger partial charge in [0, 0.05) is 24.6 Å². The van der Waals surface area contributed by atoms with Crippen molar-refractivity contribution in [2.75, 3.05) is 13.1 Å². The Morgan fingerprint density at radius 3 is 2.31 bits per heavy atom. The van der Waals surface area contributed by atoms with Crippen molar-refractivity contribution in [3.8, 4) is 0 Å². The van der Waals surface area contributed by atoms with Crippen LogP contribution in [0, 0.1) is 0 Å². The molecule has 0 unspecified atom stereocenters. The Labute approximate surface area is 76.9 Å². The zero-order valence-corrected chi connectivity index (χ0v) is 7.29. The lowest BCUT2D eigenvalue weighted by atomic mass is 9.93. The summed E-state index contributed by atoms with van der Waals surface area (Å²) in [6.45, 7) is 2.08. The molecule has 1 aromatic carbocycles. The van der Waals surface area contributed by atoms with Gasteiger partial charge in [-0.1, -0.05) is 12.1 Å². The largest absolute Gasteiger partial charge is 0.366 e. The Kier molecular flexibility index (Phi) is 2.02. The van der Waals surface area contributed by atoms with Crippen LogP contribution in [-0.2, 0) is 0 Å². The maximum atomic E-state index is 10.8. The molecule has 1 fully saturated rings. The first kappa shape index (κ1) is 8.26. The van der Waals surface area contributed by atoms with Gasteiger partial charge in [-0.3, -0.25) is 4.79 Å². The van der Waals surface area contributed by atoms with Crippen molar-refractivity contribution in [2.24, 2.45) is 5.73 Å². The summed E-state index contributed by atoms with van der Waals surface area (Å²) in [7, 11) is 0. The number of benzene rings is 1. The second-order valence-corrected chi connectivity index (χ2v) is 3.34. The van der Waals surface area contributed by atoms with Crippen LogP contribution in [0.1, 0.15) is 21.8 Å². The van der Waals surface area contributed by atoms with Gasteiger partial charge < -0.3 is 11.1 Å². The lowest BCUT2D eigenvalue weighted by Crippen LogP contribution is -2.39. The van der Waals surface area contributed by atoms with Crippen LogP contribution in [-0.4, -0.2) is 19.0 Å². The highest BCUT2D eigenvalue weighted by Gasteiger charge is 2.18. The number of carbonyl (C=O) groups excluding carboxylic acids is 1. The van der Waals surface area contributed by atoms with Gasteiger partial charge in [0.25, 0.3) is 0 Å². The van der Waals surface area contributed by atoms with E-state index < -0.39 is 0 Å². The standard InChI is InChI=1S/C10H12N2O/c11-10(13)8-3-1-7(2-4-8)9-5-12-6-9/h1-4,9,12H,5-6H2,(H2,11,13). The number of rotatable bonds is 2. The summed E-state index contributed by atoms with van der Waals surface area (Å²) in [5.41, 5.74) is 7.00. The third-order valence-electron chi connectivity index (χ3n) is 2.45. The van der Waals surface area contributed by atoms with Gasteiger partial charge in [0.2, 0.25) is 5.91 Å². The summed E-state index contributed by atoms with van der Waals surface area (Å²) in [5.74, 6) is 0.250. The van der Waals surface area contributed by atoms with Crippen molar-refractivity contribution in [1.29, 1.82) is 0 Å². The second kappa shape index (κ2) is 3.18. The van der Waals surface area contributed by atoms with E-state index in [4.69, 9.17) is 5.73 Å².